The molecule has 3 nitrogen and oxygen atoms in total. The summed E-state index contributed by atoms with van der Waals surface area (Å²) in [6, 6.07) is 7.86. The molecule has 3 rings (SSSR count). The van der Waals surface area contributed by atoms with Gasteiger partial charge in [-0.05, 0) is 55.9 Å². The molecule has 0 bridgehead atoms. The molecular weight excluding hydrogens is 288 g/mol. The van der Waals surface area contributed by atoms with Crippen LogP contribution in [0, 0.1) is 29.6 Å². The van der Waals surface area contributed by atoms with Gasteiger partial charge in [0.2, 0.25) is 0 Å². The van der Waals surface area contributed by atoms with Crippen LogP contribution >= 0.6 is 0 Å². The molecule has 23 heavy (non-hydrogen) atoms. The van der Waals surface area contributed by atoms with Crippen LogP contribution in [0.1, 0.15) is 45.1 Å². The van der Waals surface area contributed by atoms with Gasteiger partial charge >= 0.3 is 6.48 Å². The summed E-state index contributed by atoms with van der Waals surface area (Å²) in [6.45, 7) is 5.19. The lowest BCUT2D eigenvalue weighted by molar-refractivity contribution is -0.285. The Morgan fingerprint density at radius 3 is 2.22 bits per heavy atom. The van der Waals surface area contributed by atoms with Crippen LogP contribution in [0.4, 0.5) is 0 Å². The lowest BCUT2D eigenvalue weighted by Gasteiger charge is -2.27. The first-order valence-corrected chi connectivity index (χ1v) is 8.70. The summed E-state index contributed by atoms with van der Waals surface area (Å²) in [5, 5.41) is 0. The van der Waals surface area contributed by atoms with Crippen molar-refractivity contribution in [1.29, 1.82) is 0 Å². The molecule has 0 spiro atoms. The van der Waals surface area contributed by atoms with Gasteiger partial charge in [-0.2, -0.15) is 0 Å². The summed E-state index contributed by atoms with van der Waals surface area (Å²) in [5.74, 6) is 9.33. The Kier molecular flexibility index (Phi) is 5.59. The highest BCUT2D eigenvalue weighted by molar-refractivity contribution is 5.38. The molecule has 0 amide bonds. The van der Waals surface area contributed by atoms with Crippen LogP contribution in [0.5, 0.6) is 5.75 Å². The summed E-state index contributed by atoms with van der Waals surface area (Å²) in [4.78, 5) is 0. The first kappa shape index (κ1) is 16.4. The molecule has 1 aromatic rings. The third kappa shape index (κ3) is 4.99. The lowest BCUT2D eigenvalue weighted by Crippen LogP contribution is -2.34. The maximum Gasteiger partial charge on any atom is 0.315 e. The third-order valence-corrected chi connectivity index (χ3v) is 4.56. The molecule has 1 heterocycles. The van der Waals surface area contributed by atoms with Crippen molar-refractivity contribution in [3.05, 3.63) is 29.8 Å². The molecule has 0 atom stereocenters. The average Bonchev–Trinajstić information content (AvgIpc) is 2.58. The third-order valence-electron chi connectivity index (χ3n) is 4.56. The standard InChI is InChI=1S/C20H26O3/c1-15-3-5-17(6-4-15)7-8-18-9-11-19(12-10-18)23-20-21-13-16(2)14-22-20/h9-12,15-17,20H,3-6,13-14H2,1-2H3. The van der Waals surface area contributed by atoms with E-state index < -0.39 is 6.48 Å². The zero-order valence-electron chi connectivity index (χ0n) is 14.1. The number of benzene rings is 1. The lowest BCUT2D eigenvalue weighted by atomic mass is 9.83. The minimum atomic E-state index is -0.590. The number of hydrogen-bond donors (Lipinski definition) is 0. The van der Waals surface area contributed by atoms with E-state index in [4.69, 9.17) is 14.2 Å². The summed E-state index contributed by atoms with van der Waals surface area (Å²) < 4.78 is 16.6. The SMILES string of the molecule is CC1CCC(C#Cc2ccc(OC3OCC(C)CO3)cc2)CC1. The minimum absolute atomic E-state index is 0.426. The molecule has 0 unspecified atom stereocenters. The molecule has 0 N–H and O–H groups in total. The maximum absolute atomic E-state index is 5.67. The van der Waals surface area contributed by atoms with Crippen molar-refractivity contribution in [2.45, 2.75) is 46.0 Å². The Hall–Kier alpha value is -1.50. The molecule has 0 radical (unpaired) electrons. The van der Waals surface area contributed by atoms with Gasteiger partial charge < -0.3 is 14.2 Å². The number of ether oxygens (including phenoxy) is 3. The van der Waals surface area contributed by atoms with Gasteiger partial charge in [-0.25, -0.2) is 0 Å². The van der Waals surface area contributed by atoms with E-state index in [0.29, 0.717) is 25.0 Å². The van der Waals surface area contributed by atoms with Crippen molar-refractivity contribution in [3.8, 4) is 17.6 Å². The number of hydrogen-bond acceptors (Lipinski definition) is 3. The van der Waals surface area contributed by atoms with Crippen molar-refractivity contribution >= 4 is 0 Å². The van der Waals surface area contributed by atoms with Crippen LogP contribution in [0.2, 0.25) is 0 Å². The van der Waals surface area contributed by atoms with Crippen LogP contribution in [-0.2, 0) is 9.47 Å². The van der Waals surface area contributed by atoms with E-state index in [1.54, 1.807) is 0 Å². The first-order valence-electron chi connectivity index (χ1n) is 8.70. The van der Waals surface area contributed by atoms with Gasteiger partial charge in [-0.1, -0.05) is 25.7 Å². The highest BCUT2D eigenvalue weighted by Gasteiger charge is 2.20. The molecule has 124 valence electrons. The van der Waals surface area contributed by atoms with Gasteiger partial charge in [0.05, 0.1) is 13.2 Å². The fourth-order valence-corrected chi connectivity index (χ4v) is 2.97. The van der Waals surface area contributed by atoms with Crippen molar-refractivity contribution in [2.24, 2.45) is 17.8 Å². The van der Waals surface area contributed by atoms with E-state index in [2.05, 4.69) is 25.7 Å². The van der Waals surface area contributed by atoms with Gasteiger partial charge in [0.1, 0.15) is 5.75 Å². The maximum atomic E-state index is 5.67. The molecule has 1 saturated carbocycles. The van der Waals surface area contributed by atoms with E-state index >= 15 is 0 Å². The van der Waals surface area contributed by atoms with Crippen molar-refractivity contribution in [1.82, 2.24) is 0 Å². The quantitative estimate of drug-likeness (QED) is 0.765. The molecule has 2 aliphatic rings. The first-order chi connectivity index (χ1) is 11.2. The zero-order chi connectivity index (χ0) is 16.1. The molecule has 1 saturated heterocycles. The Morgan fingerprint density at radius 2 is 1.57 bits per heavy atom. The fourth-order valence-electron chi connectivity index (χ4n) is 2.97. The molecule has 0 aromatic heterocycles. The highest BCUT2D eigenvalue weighted by Crippen LogP contribution is 2.27. The topological polar surface area (TPSA) is 27.7 Å². The fraction of sp³-hybridized carbons (Fsp3) is 0.600. The molecular formula is C20H26O3. The largest absolute Gasteiger partial charge is 0.441 e. The van der Waals surface area contributed by atoms with E-state index in [1.807, 2.05) is 24.3 Å². The van der Waals surface area contributed by atoms with E-state index in [0.717, 1.165) is 17.2 Å². The molecule has 1 aliphatic heterocycles. The minimum Gasteiger partial charge on any atom is -0.441 e. The number of rotatable bonds is 2. The summed E-state index contributed by atoms with van der Waals surface area (Å²) in [6.07, 6.45) is 5.10. The zero-order valence-corrected chi connectivity index (χ0v) is 14.1. The van der Waals surface area contributed by atoms with Crippen LogP contribution in [0.15, 0.2) is 24.3 Å². The normalized spacial score (nSPS) is 31.0. The second kappa shape index (κ2) is 7.86. The Balaban J connectivity index is 1.51. The van der Waals surface area contributed by atoms with Gasteiger partial charge in [0, 0.05) is 17.4 Å². The van der Waals surface area contributed by atoms with Gasteiger partial charge in [0.15, 0.2) is 0 Å². The molecule has 1 aliphatic carbocycles. The van der Waals surface area contributed by atoms with Gasteiger partial charge in [-0.3, -0.25) is 0 Å². The summed E-state index contributed by atoms with van der Waals surface area (Å²) in [7, 11) is 0. The Labute approximate surface area is 139 Å². The van der Waals surface area contributed by atoms with E-state index in [9.17, 15) is 0 Å². The van der Waals surface area contributed by atoms with Crippen LogP contribution in [0.3, 0.4) is 0 Å². The molecule has 3 heteroatoms. The predicted molar refractivity (Wildman–Crippen MR) is 89.9 cm³/mol. The van der Waals surface area contributed by atoms with Gasteiger partial charge in [0.25, 0.3) is 0 Å². The predicted octanol–water partition coefficient (Wildman–Crippen LogP) is 4.21. The van der Waals surface area contributed by atoms with Crippen LogP contribution in [0.25, 0.3) is 0 Å². The Bertz CT molecular complexity index is 538. The average molecular weight is 314 g/mol. The second-order valence-corrected chi connectivity index (χ2v) is 6.93. The van der Waals surface area contributed by atoms with Gasteiger partial charge in [-0.15, -0.1) is 0 Å². The monoisotopic (exact) mass is 314 g/mol. The highest BCUT2D eigenvalue weighted by atomic mass is 16.8. The van der Waals surface area contributed by atoms with Crippen molar-refractivity contribution < 1.29 is 14.2 Å². The second-order valence-electron chi connectivity index (χ2n) is 6.93. The summed E-state index contributed by atoms with van der Waals surface area (Å²) in [5.41, 5.74) is 1.04. The van der Waals surface area contributed by atoms with Crippen molar-refractivity contribution in [2.75, 3.05) is 13.2 Å². The smallest absolute Gasteiger partial charge is 0.315 e. The van der Waals surface area contributed by atoms with E-state index in [1.165, 1.54) is 25.7 Å². The van der Waals surface area contributed by atoms with Crippen molar-refractivity contribution in [3.63, 3.8) is 0 Å². The Morgan fingerprint density at radius 1 is 0.913 bits per heavy atom. The van der Waals surface area contributed by atoms with Crippen LogP contribution in [-0.4, -0.2) is 19.7 Å². The molecule has 2 fully saturated rings. The summed E-state index contributed by atoms with van der Waals surface area (Å²) >= 11 is 0. The van der Waals surface area contributed by atoms with E-state index in [-0.39, 0.29) is 0 Å². The molecule has 1 aromatic carbocycles. The van der Waals surface area contributed by atoms with Crippen LogP contribution < -0.4 is 4.74 Å².